The van der Waals surface area contributed by atoms with Gasteiger partial charge in [-0.15, -0.1) is 0 Å². The lowest BCUT2D eigenvalue weighted by Crippen LogP contribution is -2.53. The van der Waals surface area contributed by atoms with E-state index >= 15 is 0 Å². The van der Waals surface area contributed by atoms with E-state index in [0.29, 0.717) is 25.7 Å². The molecule has 0 N–H and O–H groups in total. The van der Waals surface area contributed by atoms with E-state index in [4.69, 9.17) is 9.47 Å². The van der Waals surface area contributed by atoms with Crippen LogP contribution in [-0.4, -0.2) is 19.8 Å². The highest BCUT2D eigenvalue weighted by Gasteiger charge is 2.48. The summed E-state index contributed by atoms with van der Waals surface area (Å²) in [6, 6.07) is 10.6. The molecule has 1 atom stereocenters. The molecule has 0 spiro atoms. The summed E-state index contributed by atoms with van der Waals surface area (Å²) in [6.07, 6.45) is 0. The molecular formula is C16H21NO2. The van der Waals surface area contributed by atoms with Crippen molar-refractivity contribution in [3.63, 3.8) is 0 Å². The maximum absolute atomic E-state index is 9.47. The summed E-state index contributed by atoms with van der Waals surface area (Å²) in [5.41, 5.74) is 1.04. The van der Waals surface area contributed by atoms with E-state index in [9.17, 15) is 5.26 Å². The van der Waals surface area contributed by atoms with Crippen LogP contribution < -0.4 is 4.74 Å². The van der Waals surface area contributed by atoms with Crippen LogP contribution in [0.3, 0.4) is 0 Å². The summed E-state index contributed by atoms with van der Waals surface area (Å²) in [5.74, 6) is 1.18. The molecule has 0 bridgehead atoms. The maximum atomic E-state index is 9.47. The van der Waals surface area contributed by atoms with Gasteiger partial charge in [0.05, 0.1) is 37.2 Å². The second kappa shape index (κ2) is 5.63. The van der Waals surface area contributed by atoms with Crippen LogP contribution in [0, 0.1) is 23.2 Å². The zero-order valence-electron chi connectivity index (χ0n) is 11.8. The van der Waals surface area contributed by atoms with Crippen molar-refractivity contribution in [1.82, 2.24) is 0 Å². The molecule has 3 nitrogen and oxygen atoms in total. The molecule has 3 heteroatoms. The van der Waals surface area contributed by atoms with E-state index in [1.807, 2.05) is 19.1 Å². The van der Waals surface area contributed by atoms with E-state index in [1.165, 1.54) is 5.56 Å². The van der Waals surface area contributed by atoms with Gasteiger partial charge in [-0.3, -0.25) is 0 Å². The lowest BCUT2D eigenvalue weighted by Gasteiger charge is -2.46. The Morgan fingerprint density at radius 2 is 1.95 bits per heavy atom. The van der Waals surface area contributed by atoms with Crippen LogP contribution in [0.5, 0.6) is 5.75 Å². The van der Waals surface area contributed by atoms with Gasteiger partial charge in [0.15, 0.2) is 0 Å². The minimum atomic E-state index is -0.145. The van der Waals surface area contributed by atoms with Crippen LogP contribution >= 0.6 is 0 Å². The van der Waals surface area contributed by atoms with Crippen molar-refractivity contribution in [2.45, 2.75) is 26.2 Å². The van der Waals surface area contributed by atoms with Crippen LogP contribution in [0.15, 0.2) is 24.3 Å². The second-order valence-corrected chi connectivity index (χ2v) is 5.46. The van der Waals surface area contributed by atoms with Gasteiger partial charge in [0.2, 0.25) is 0 Å². The SMILES string of the molecule is CCOc1ccc(C2(C(C#N)C(C)C)COC2)cc1. The Kier molecular flexibility index (Phi) is 4.11. The van der Waals surface area contributed by atoms with Gasteiger partial charge < -0.3 is 9.47 Å². The third-order valence-corrected chi connectivity index (χ3v) is 3.86. The maximum Gasteiger partial charge on any atom is 0.119 e. The molecule has 1 aromatic rings. The Balaban J connectivity index is 2.28. The molecule has 102 valence electrons. The number of benzene rings is 1. The highest BCUT2D eigenvalue weighted by atomic mass is 16.5. The highest BCUT2D eigenvalue weighted by molar-refractivity contribution is 5.36. The van der Waals surface area contributed by atoms with Crippen molar-refractivity contribution < 1.29 is 9.47 Å². The first-order chi connectivity index (χ1) is 9.14. The Morgan fingerprint density at radius 3 is 2.32 bits per heavy atom. The van der Waals surface area contributed by atoms with Gasteiger partial charge in [-0.25, -0.2) is 0 Å². The Bertz CT molecular complexity index is 455. The third-order valence-electron chi connectivity index (χ3n) is 3.86. The molecule has 0 aromatic heterocycles. The topological polar surface area (TPSA) is 42.2 Å². The second-order valence-electron chi connectivity index (χ2n) is 5.46. The first kappa shape index (κ1) is 13.9. The van der Waals surface area contributed by atoms with Crippen molar-refractivity contribution in [1.29, 1.82) is 5.26 Å². The Labute approximate surface area is 115 Å². The summed E-state index contributed by atoms with van der Waals surface area (Å²) in [5, 5.41) is 9.47. The van der Waals surface area contributed by atoms with Gasteiger partial charge in [0, 0.05) is 0 Å². The van der Waals surface area contributed by atoms with Gasteiger partial charge in [-0.05, 0) is 30.5 Å². The van der Waals surface area contributed by atoms with Crippen molar-refractivity contribution >= 4 is 0 Å². The molecule has 2 rings (SSSR count). The molecule has 1 aliphatic rings. The average molecular weight is 259 g/mol. The number of hydrogen-bond donors (Lipinski definition) is 0. The molecule has 1 unspecified atom stereocenters. The molecule has 19 heavy (non-hydrogen) atoms. The summed E-state index contributed by atoms with van der Waals surface area (Å²) >= 11 is 0. The molecule has 1 heterocycles. The number of nitriles is 1. The summed E-state index contributed by atoms with van der Waals surface area (Å²) in [7, 11) is 0. The smallest absolute Gasteiger partial charge is 0.119 e. The molecule has 0 saturated carbocycles. The average Bonchev–Trinajstić information content (AvgIpc) is 2.34. The molecule has 1 saturated heterocycles. The fraction of sp³-hybridized carbons (Fsp3) is 0.562. The predicted octanol–water partition coefficient (Wildman–Crippen LogP) is 3.15. The molecule has 0 aliphatic carbocycles. The summed E-state index contributed by atoms with van der Waals surface area (Å²) < 4.78 is 10.9. The molecular weight excluding hydrogens is 238 g/mol. The lowest BCUT2D eigenvalue weighted by molar-refractivity contribution is -0.0876. The minimum Gasteiger partial charge on any atom is -0.494 e. The van der Waals surface area contributed by atoms with Crippen molar-refractivity contribution in [3.8, 4) is 11.8 Å². The number of nitrogens with zero attached hydrogens (tertiary/aromatic N) is 1. The van der Waals surface area contributed by atoms with Crippen LogP contribution in [0.2, 0.25) is 0 Å². The van der Waals surface area contributed by atoms with Crippen LogP contribution in [-0.2, 0) is 10.2 Å². The largest absolute Gasteiger partial charge is 0.494 e. The van der Waals surface area contributed by atoms with Crippen LogP contribution in [0.1, 0.15) is 26.3 Å². The zero-order valence-corrected chi connectivity index (χ0v) is 11.8. The van der Waals surface area contributed by atoms with Crippen molar-refractivity contribution in [3.05, 3.63) is 29.8 Å². The lowest BCUT2D eigenvalue weighted by atomic mass is 9.65. The van der Waals surface area contributed by atoms with Crippen molar-refractivity contribution in [2.24, 2.45) is 11.8 Å². The van der Waals surface area contributed by atoms with E-state index < -0.39 is 0 Å². The van der Waals surface area contributed by atoms with E-state index in [1.54, 1.807) is 0 Å². The fourth-order valence-corrected chi connectivity index (χ4v) is 2.81. The normalized spacial score (nSPS) is 18.5. The standard InChI is InChI=1S/C16H21NO2/c1-4-19-14-7-5-13(6-8-14)16(10-18-11-16)15(9-17)12(2)3/h5-8,12,15H,4,10-11H2,1-3H3. The summed E-state index contributed by atoms with van der Waals surface area (Å²) in [4.78, 5) is 0. The summed E-state index contributed by atoms with van der Waals surface area (Å²) in [6.45, 7) is 8.11. The van der Waals surface area contributed by atoms with E-state index in [0.717, 1.165) is 5.75 Å². The van der Waals surface area contributed by atoms with Crippen LogP contribution in [0.4, 0.5) is 0 Å². The first-order valence-electron chi connectivity index (χ1n) is 6.84. The molecule has 0 radical (unpaired) electrons. The minimum absolute atomic E-state index is 0.0146. The number of rotatable bonds is 5. The number of hydrogen-bond acceptors (Lipinski definition) is 3. The molecule has 1 fully saturated rings. The van der Waals surface area contributed by atoms with Gasteiger partial charge in [0.1, 0.15) is 5.75 Å². The van der Waals surface area contributed by atoms with Gasteiger partial charge >= 0.3 is 0 Å². The van der Waals surface area contributed by atoms with E-state index in [-0.39, 0.29) is 11.3 Å². The quantitative estimate of drug-likeness (QED) is 0.815. The van der Waals surface area contributed by atoms with Crippen LogP contribution in [0.25, 0.3) is 0 Å². The molecule has 0 amide bonds. The monoisotopic (exact) mass is 259 g/mol. The highest BCUT2D eigenvalue weighted by Crippen LogP contribution is 2.43. The van der Waals surface area contributed by atoms with Gasteiger partial charge in [-0.1, -0.05) is 26.0 Å². The Morgan fingerprint density at radius 1 is 1.32 bits per heavy atom. The number of ether oxygens (including phenoxy) is 2. The molecule has 1 aromatic carbocycles. The van der Waals surface area contributed by atoms with E-state index in [2.05, 4.69) is 32.0 Å². The third kappa shape index (κ3) is 2.46. The first-order valence-corrected chi connectivity index (χ1v) is 6.84. The van der Waals surface area contributed by atoms with Gasteiger partial charge in [-0.2, -0.15) is 5.26 Å². The predicted molar refractivity (Wildman–Crippen MR) is 74.0 cm³/mol. The zero-order chi connectivity index (χ0) is 13.9. The molecule has 1 aliphatic heterocycles. The fourth-order valence-electron chi connectivity index (χ4n) is 2.81. The van der Waals surface area contributed by atoms with Gasteiger partial charge in [0.25, 0.3) is 0 Å². The van der Waals surface area contributed by atoms with Crippen molar-refractivity contribution in [2.75, 3.05) is 19.8 Å². The Hall–Kier alpha value is -1.53.